The number of rotatable bonds is 4. The van der Waals surface area contributed by atoms with Crippen LogP contribution in [0, 0.1) is 13.8 Å². The molecule has 0 saturated carbocycles. The van der Waals surface area contributed by atoms with Crippen LogP contribution in [-0.2, 0) is 13.5 Å². The molecule has 1 amide bonds. The summed E-state index contributed by atoms with van der Waals surface area (Å²) in [6, 6.07) is 17.9. The average molecular weight is 412 g/mol. The van der Waals surface area contributed by atoms with Gasteiger partial charge >= 0.3 is 0 Å². The van der Waals surface area contributed by atoms with E-state index in [4.69, 9.17) is 4.74 Å². The molecule has 5 rings (SSSR count). The smallest absolute Gasteiger partial charge is 0.268 e. The van der Waals surface area contributed by atoms with Crippen LogP contribution in [0.2, 0.25) is 0 Å². The molecule has 0 aliphatic carbocycles. The van der Waals surface area contributed by atoms with E-state index in [0.29, 0.717) is 18.1 Å². The van der Waals surface area contributed by atoms with Crippen LogP contribution in [0.25, 0.3) is 22.3 Å². The van der Waals surface area contributed by atoms with Crippen molar-refractivity contribution in [1.82, 2.24) is 19.9 Å². The molecule has 156 valence electrons. The van der Waals surface area contributed by atoms with E-state index >= 15 is 0 Å². The van der Waals surface area contributed by atoms with Gasteiger partial charge in [-0.3, -0.25) is 4.79 Å². The first-order valence-electron chi connectivity index (χ1n) is 10.4. The standard InChI is InChI=1S/C25H24N4O2/c1-15-11-16(2)28-24(27-15)20-9-6-8-18-12-19(31-23(18)20)14-26-25(30)22-13-17-7-4-5-10-21(17)29(22)3/h4-11,13,19H,12,14H2,1-3H3,(H,26,30). The third-order valence-electron chi connectivity index (χ3n) is 5.73. The molecule has 1 aliphatic heterocycles. The summed E-state index contributed by atoms with van der Waals surface area (Å²) in [5, 5.41) is 4.09. The molecule has 31 heavy (non-hydrogen) atoms. The Balaban J connectivity index is 1.32. The van der Waals surface area contributed by atoms with Crippen molar-refractivity contribution in [2.75, 3.05) is 6.54 Å². The molecule has 1 unspecified atom stereocenters. The minimum absolute atomic E-state index is 0.101. The first-order valence-corrected chi connectivity index (χ1v) is 10.4. The third-order valence-corrected chi connectivity index (χ3v) is 5.73. The molecule has 2 aromatic carbocycles. The Hall–Kier alpha value is -3.67. The normalized spacial score (nSPS) is 15.0. The molecule has 0 saturated heterocycles. The van der Waals surface area contributed by atoms with E-state index in [-0.39, 0.29) is 12.0 Å². The number of para-hydroxylation sites is 2. The number of hydrogen-bond acceptors (Lipinski definition) is 4. The number of ether oxygens (including phenoxy) is 1. The Morgan fingerprint density at radius 1 is 1.10 bits per heavy atom. The van der Waals surface area contributed by atoms with E-state index in [1.54, 1.807) is 0 Å². The van der Waals surface area contributed by atoms with Gasteiger partial charge in [-0.15, -0.1) is 0 Å². The van der Waals surface area contributed by atoms with Crippen molar-refractivity contribution in [1.29, 1.82) is 0 Å². The molecule has 0 fully saturated rings. The van der Waals surface area contributed by atoms with Crippen molar-refractivity contribution in [3.05, 3.63) is 77.2 Å². The van der Waals surface area contributed by atoms with Crippen LogP contribution in [0.5, 0.6) is 5.75 Å². The number of hydrogen-bond donors (Lipinski definition) is 1. The molecule has 1 N–H and O–H groups in total. The summed E-state index contributed by atoms with van der Waals surface area (Å²) in [6.45, 7) is 4.36. The number of carbonyl (C=O) groups excluding carboxylic acids is 1. The molecule has 0 bridgehead atoms. The van der Waals surface area contributed by atoms with Gasteiger partial charge in [-0.05, 0) is 43.7 Å². The summed E-state index contributed by atoms with van der Waals surface area (Å²) in [4.78, 5) is 22.0. The summed E-state index contributed by atoms with van der Waals surface area (Å²) in [7, 11) is 1.91. The van der Waals surface area contributed by atoms with Crippen molar-refractivity contribution in [2.24, 2.45) is 7.05 Å². The molecule has 6 nitrogen and oxygen atoms in total. The van der Waals surface area contributed by atoms with Crippen molar-refractivity contribution >= 4 is 16.8 Å². The highest BCUT2D eigenvalue weighted by Crippen LogP contribution is 2.37. The number of aromatic nitrogens is 3. The lowest BCUT2D eigenvalue weighted by atomic mass is 10.1. The first kappa shape index (κ1) is 19.3. The predicted octanol–water partition coefficient (Wildman–Crippen LogP) is 3.99. The molecule has 0 spiro atoms. The molecular weight excluding hydrogens is 388 g/mol. The van der Waals surface area contributed by atoms with E-state index in [1.165, 1.54) is 0 Å². The second-order valence-corrected chi connectivity index (χ2v) is 8.07. The topological polar surface area (TPSA) is 69.0 Å². The zero-order valence-electron chi connectivity index (χ0n) is 17.8. The van der Waals surface area contributed by atoms with Gasteiger partial charge in [-0.1, -0.05) is 30.3 Å². The third kappa shape index (κ3) is 3.54. The van der Waals surface area contributed by atoms with Crippen molar-refractivity contribution in [3.8, 4) is 17.1 Å². The molecule has 0 radical (unpaired) electrons. The SMILES string of the molecule is Cc1cc(C)nc(-c2cccc3c2OC(CNC(=O)c2cc4ccccc4n2C)C3)n1. The number of fused-ring (bicyclic) bond motifs is 2. The second-order valence-electron chi connectivity index (χ2n) is 8.07. The molecule has 4 aromatic rings. The maximum absolute atomic E-state index is 12.8. The number of nitrogens with zero attached hydrogens (tertiary/aromatic N) is 3. The van der Waals surface area contributed by atoms with Crippen LogP contribution in [0.3, 0.4) is 0 Å². The molecule has 6 heteroatoms. The quantitative estimate of drug-likeness (QED) is 0.550. The van der Waals surface area contributed by atoms with Gasteiger partial charge in [0, 0.05) is 35.8 Å². The maximum Gasteiger partial charge on any atom is 0.268 e. The lowest BCUT2D eigenvalue weighted by Crippen LogP contribution is -2.35. The van der Waals surface area contributed by atoms with E-state index in [0.717, 1.165) is 45.6 Å². The highest BCUT2D eigenvalue weighted by Gasteiger charge is 2.27. The van der Waals surface area contributed by atoms with Gasteiger partial charge in [0.25, 0.3) is 5.91 Å². The summed E-state index contributed by atoms with van der Waals surface area (Å²) >= 11 is 0. The Labute approximate surface area is 180 Å². The van der Waals surface area contributed by atoms with Gasteiger partial charge in [-0.2, -0.15) is 0 Å². The van der Waals surface area contributed by atoms with Crippen LogP contribution < -0.4 is 10.1 Å². The zero-order valence-corrected chi connectivity index (χ0v) is 17.8. The zero-order chi connectivity index (χ0) is 21.5. The number of aryl methyl sites for hydroxylation is 3. The van der Waals surface area contributed by atoms with Crippen LogP contribution in [0.15, 0.2) is 54.6 Å². The molecule has 1 atom stereocenters. The summed E-state index contributed by atoms with van der Waals surface area (Å²) in [5.41, 5.74) is 5.54. The Morgan fingerprint density at radius 2 is 1.87 bits per heavy atom. The highest BCUT2D eigenvalue weighted by atomic mass is 16.5. The average Bonchev–Trinajstić information content (AvgIpc) is 3.32. The van der Waals surface area contributed by atoms with Crippen molar-refractivity contribution < 1.29 is 9.53 Å². The predicted molar refractivity (Wildman–Crippen MR) is 120 cm³/mol. The van der Waals surface area contributed by atoms with E-state index in [2.05, 4.69) is 21.4 Å². The van der Waals surface area contributed by atoms with Crippen LogP contribution in [0.4, 0.5) is 0 Å². The van der Waals surface area contributed by atoms with Crippen molar-refractivity contribution in [2.45, 2.75) is 26.4 Å². The fraction of sp³-hybridized carbons (Fsp3) is 0.240. The summed E-state index contributed by atoms with van der Waals surface area (Å²) in [6.07, 6.45) is 0.615. The molecule has 1 aliphatic rings. The van der Waals surface area contributed by atoms with E-state index in [1.807, 2.05) is 74.0 Å². The fourth-order valence-corrected chi connectivity index (χ4v) is 4.28. The maximum atomic E-state index is 12.8. The first-order chi connectivity index (χ1) is 15.0. The number of amides is 1. The fourth-order valence-electron chi connectivity index (χ4n) is 4.28. The number of benzene rings is 2. The van der Waals surface area contributed by atoms with Crippen molar-refractivity contribution in [3.63, 3.8) is 0 Å². The van der Waals surface area contributed by atoms with Gasteiger partial charge in [0.1, 0.15) is 17.5 Å². The number of nitrogens with one attached hydrogen (secondary N) is 1. The largest absolute Gasteiger partial charge is 0.487 e. The van der Waals surface area contributed by atoms with E-state index in [9.17, 15) is 4.79 Å². The molecular formula is C25H24N4O2. The van der Waals surface area contributed by atoms with Gasteiger partial charge in [0.2, 0.25) is 0 Å². The molecule has 3 heterocycles. The monoisotopic (exact) mass is 412 g/mol. The van der Waals surface area contributed by atoms with Gasteiger partial charge in [-0.25, -0.2) is 9.97 Å². The highest BCUT2D eigenvalue weighted by molar-refractivity contribution is 5.98. The lowest BCUT2D eigenvalue weighted by Gasteiger charge is -2.14. The van der Waals surface area contributed by atoms with Gasteiger partial charge < -0.3 is 14.6 Å². The second kappa shape index (κ2) is 7.54. The van der Waals surface area contributed by atoms with Crippen LogP contribution in [-0.4, -0.2) is 33.1 Å². The lowest BCUT2D eigenvalue weighted by molar-refractivity contribution is 0.0926. The Kier molecular flexibility index (Phi) is 4.70. The Morgan fingerprint density at radius 3 is 2.65 bits per heavy atom. The Bertz CT molecular complexity index is 1290. The van der Waals surface area contributed by atoms with Crippen LogP contribution in [0.1, 0.15) is 27.4 Å². The van der Waals surface area contributed by atoms with Crippen LogP contribution >= 0.6 is 0 Å². The molecule has 2 aromatic heterocycles. The number of carbonyl (C=O) groups is 1. The summed E-state index contributed by atoms with van der Waals surface area (Å²) < 4.78 is 8.17. The minimum Gasteiger partial charge on any atom is -0.487 e. The van der Waals surface area contributed by atoms with Gasteiger partial charge in [0.05, 0.1) is 12.1 Å². The minimum atomic E-state index is -0.124. The van der Waals surface area contributed by atoms with Gasteiger partial charge in [0.15, 0.2) is 5.82 Å². The summed E-state index contributed by atoms with van der Waals surface area (Å²) in [5.74, 6) is 1.39. The van der Waals surface area contributed by atoms with E-state index < -0.39 is 0 Å².